The molecule has 102 valence electrons. The summed E-state index contributed by atoms with van der Waals surface area (Å²) in [6, 6.07) is 1.72. The summed E-state index contributed by atoms with van der Waals surface area (Å²) in [4.78, 5) is 8.69. The van der Waals surface area contributed by atoms with Gasteiger partial charge in [-0.05, 0) is 19.3 Å². The lowest BCUT2D eigenvalue weighted by atomic mass is 10.1. The average Bonchev–Trinajstić information content (AvgIpc) is 2.27. The molecule has 0 spiro atoms. The van der Waals surface area contributed by atoms with E-state index >= 15 is 0 Å². The maximum atomic E-state index is 5.81. The zero-order chi connectivity index (χ0) is 13.7. The largest absolute Gasteiger partial charge is 0.474 e. The van der Waals surface area contributed by atoms with Crippen molar-refractivity contribution < 1.29 is 4.74 Å². The zero-order valence-corrected chi connectivity index (χ0v) is 11.9. The van der Waals surface area contributed by atoms with Crippen LogP contribution in [0, 0.1) is 5.92 Å². The van der Waals surface area contributed by atoms with Gasteiger partial charge in [0, 0.05) is 12.0 Å². The standard InChI is InChI=1S/C13H24N4O/c1-8(2)6-10(5)18-12-7-11(17-14)15-13(16-12)9(3)4/h7-10H,6,14H2,1-5H3,(H,15,16,17). The summed E-state index contributed by atoms with van der Waals surface area (Å²) in [6.07, 6.45) is 1.12. The molecule has 0 aliphatic heterocycles. The van der Waals surface area contributed by atoms with Crippen molar-refractivity contribution in [2.75, 3.05) is 5.43 Å². The van der Waals surface area contributed by atoms with Crippen LogP contribution in [0.2, 0.25) is 0 Å². The highest BCUT2D eigenvalue weighted by molar-refractivity contribution is 5.37. The fourth-order valence-electron chi connectivity index (χ4n) is 1.75. The Morgan fingerprint density at radius 1 is 1.22 bits per heavy atom. The van der Waals surface area contributed by atoms with Gasteiger partial charge in [-0.3, -0.25) is 0 Å². The number of nitrogen functional groups attached to an aromatic ring is 1. The van der Waals surface area contributed by atoms with Gasteiger partial charge >= 0.3 is 0 Å². The highest BCUT2D eigenvalue weighted by atomic mass is 16.5. The van der Waals surface area contributed by atoms with Gasteiger partial charge in [0.15, 0.2) is 0 Å². The summed E-state index contributed by atoms with van der Waals surface area (Å²) in [5, 5.41) is 0. The minimum Gasteiger partial charge on any atom is -0.474 e. The second-order valence-corrected chi connectivity index (χ2v) is 5.31. The molecule has 1 rings (SSSR count). The summed E-state index contributed by atoms with van der Waals surface area (Å²) in [5.74, 6) is 8.13. The Labute approximate surface area is 109 Å². The van der Waals surface area contributed by atoms with Crippen LogP contribution in [0.15, 0.2) is 6.07 Å². The molecule has 0 aliphatic rings. The third kappa shape index (κ3) is 4.49. The Morgan fingerprint density at radius 3 is 2.39 bits per heavy atom. The number of hydrogen-bond donors (Lipinski definition) is 2. The van der Waals surface area contributed by atoms with E-state index in [4.69, 9.17) is 10.6 Å². The van der Waals surface area contributed by atoms with Crippen LogP contribution in [-0.2, 0) is 0 Å². The van der Waals surface area contributed by atoms with Gasteiger partial charge in [-0.15, -0.1) is 0 Å². The van der Waals surface area contributed by atoms with Crippen LogP contribution in [0.1, 0.15) is 52.8 Å². The van der Waals surface area contributed by atoms with E-state index in [1.54, 1.807) is 6.07 Å². The van der Waals surface area contributed by atoms with Gasteiger partial charge in [0.05, 0.1) is 6.10 Å². The third-order valence-electron chi connectivity index (χ3n) is 2.51. The molecule has 3 N–H and O–H groups in total. The average molecular weight is 252 g/mol. The van der Waals surface area contributed by atoms with Gasteiger partial charge in [-0.25, -0.2) is 10.8 Å². The molecular formula is C13H24N4O. The van der Waals surface area contributed by atoms with Crippen molar-refractivity contribution in [2.24, 2.45) is 11.8 Å². The first-order valence-corrected chi connectivity index (χ1v) is 6.44. The molecule has 0 aliphatic carbocycles. The van der Waals surface area contributed by atoms with Crippen LogP contribution in [0.3, 0.4) is 0 Å². The monoisotopic (exact) mass is 252 g/mol. The maximum absolute atomic E-state index is 5.81. The molecule has 0 aromatic carbocycles. The number of hydrazine groups is 1. The molecule has 0 fully saturated rings. The second-order valence-electron chi connectivity index (χ2n) is 5.31. The lowest BCUT2D eigenvalue weighted by molar-refractivity contribution is 0.185. The van der Waals surface area contributed by atoms with E-state index in [1.807, 2.05) is 20.8 Å². The maximum Gasteiger partial charge on any atom is 0.219 e. The van der Waals surface area contributed by atoms with Crippen molar-refractivity contribution in [1.29, 1.82) is 0 Å². The van der Waals surface area contributed by atoms with E-state index in [1.165, 1.54) is 0 Å². The minimum absolute atomic E-state index is 0.130. The Kier molecular flexibility index (Phi) is 5.34. The SMILES string of the molecule is CC(C)CC(C)Oc1cc(NN)nc(C(C)C)n1. The fraction of sp³-hybridized carbons (Fsp3) is 0.692. The van der Waals surface area contributed by atoms with Crippen molar-refractivity contribution in [3.05, 3.63) is 11.9 Å². The molecule has 18 heavy (non-hydrogen) atoms. The van der Waals surface area contributed by atoms with Gasteiger partial charge in [0.25, 0.3) is 0 Å². The minimum atomic E-state index is 0.130. The molecule has 0 bridgehead atoms. The first-order chi connectivity index (χ1) is 8.42. The predicted octanol–water partition coefficient (Wildman–Crippen LogP) is 2.70. The van der Waals surface area contributed by atoms with Crippen molar-refractivity contribution in [3.63, 3.8) is 0 Å². The van der Waals surface area contributed by atoms with Crippen molar-refractivity contribution >= 4 is 5.82 Å². The quantitative estimate of drug-likeness (QED) is 0.601. The van der Waals surface area contributed by atoms with Crippen molar-refractivity contribution in [3.8, 4) is 5.88 Å². The van der Waals surface area contributed by atoms with Gasteiger partial charge in [-0.1, -0.05) is 27.7 Å². The summed E-state index contributed by atoms with van der Waals surface area (Å²) < 4.78 is 5.81. The number of anilines is 1. The normalized spacial score (nSPS) is 12.9. The molecule has 0 saturated carbocycles. The number of aromatic nitrogens is 2. The van der Waals surface area contributed by atoms with Crippen molar-refractivity contribution in [1.82, 2.24) is 9.97 Å². The third-order valence-corrected chi connectivity index (χ3v) is 2.51. The highest BCUT2D eigenvalue weighted by Crippen LogP contribution is 2.20. The Morgan fingerprint density at radius 2 is 1.89 bits per heavy atom. The number of hydrogen-bond acceptors (Lipinski definition) is 5. The molecule has 0 radical (unpaired) electrons. The summed E-state index contributed by atoms with van der Waals surface area (Å²) in [5.41, 5.74) is 2.55. The Balaban J connectivity index is 2.84. The molecule has 5 heteroatoms. The van der Waals surface area contributed by atoms with Crippen LogP contribution >= 0.6 is 0 Å². The van der Waals surface area contributed by atoms with Crippen LogP contribution < -0.4 is 16.0 Å². The lowest BCUT2D eigenvalue weighted by Crippen LogP contribution is -2.17. The highest BCUT2D eigenvalue weighted by Gasteiger charge is 2.12. The van der Waals surface area contributed by atoms with Crippen LogP contribution in [-0.4, -0.2) is 16.1 Å². The molecule has 1 unspecified atom stereocenters. The second kappa shape index (κ2) is 6.54. The number of nitrogens with two attached hydrogens (primary N) is 1. The molecule has 0 amide bonds. The molecule has 1 aromatic rings. The van der Waals surface area contributed by atoms with Crippen LogP contribution in [0.5, 0.6) is 5.88 Å². The van der Waals surface area contributed by atoms with Crippen molar-refractivity contribution in [2.45, 2.75) is 53.1 Å². The topological polar surface area (TPSA) is 73.1 Å². The van der Waals surface area contributed by atoms with E-state index < -0.39 is 0 Å². The number of nitrogens with zero attached hydrogens (tertiary/aromatic N) is 2. The molecule has 1 aromatic heterocycles. The zero-order valence-electron chi connectivity index (χ0n) is 11.9. The smallest absolute Gasteiger partial charge is 0.219 e. The number of rotatable bonds is 6. The predicted molar refractivity (Wildman–Crippen MR) is 73.5 cm³/mol. The van der Waals surface area contributed by atoms with Gasteiger partial charge < -0.3 is 10.2 Å². The van der Waals surface area contributed by atoms with Gasteiger partial charge in [0.1, 0.15) is 11.6 Å². The van der Waals surface area contributed by atoms with E-state index in [9.17, 15) is 0 Å². The van der Waals surface area contributed by atoms with E-state index in [2.05, 4.69) is 29.2 Å². The molecular weight excluding hydrogens is 228 g/mol. The Hall–Kier alpha value is -1.36. The fourth-order valence-corrected chi connectivity index (χ4v) is 1.75. The van der Waals surface area contributed by atoms with Crippen LogP contribution in [0.4, 0.5) is 5.82 Å². The first kappa shape index (κ1) is 14.7. The number of nitrogens with one attached hydrogen (secondary N) is 1. The first-order valence-electron chi connectivity index (χ1n) is 6.44. The van der Waals surface area contributed by atoms with E-state index in [0.717, 1.165) is 12.2 Å². The molecule has 1 atom stereocenters. The van der Waals surface area contributed by atoms with E-state index in [-0.39, 0.29) is 12.0 Å². The summed E-state index contributed by atoms with van der Waals surface area (Å²) >= 11 is 0. The molecule has 5 nitrogen and oxygen atoms in total. The molecule has 0 saturated heterocycles. The molecule has 1 heterocycles. The van der Waals surface area contributed by atoms with Gasteiger partial charge in [-0.2, -0.15) is 4.98 Å². The summed E-state index contributed by atoms with van der Waals surface area (Å²) in [6.45, 7) is 10.5. The Bertz CT molecular complexity index is 379. The van der Waals surface area contributed by atoms with E-state index in [0.29, 0.717) is 17.6 Å². The number of ether oxygens (including phenoxy) is 1. The summed E-state index contributed by atoms with van der Waals surface area (Å²) in [7, 11) is 0. The lowest BCUT2D eigenvalue weighted by Gasteiger charge is -2.17. The van der Waals surface area contributed by atoms with Gasteiger partial charge in [0.2, 0.25) is 5.88 Å². The van der Waals surface area contributed by atoms with Crippen LogP contribution in [0.25, 0.3) is 0 Å².